The van der Waals surface area contributed by atoms with E-state index in [0.29, 0.717) is 31.6 Å². The van der Waals surface area contributed by atoms with Crippen molar-refractivity contribution in [3.8, 4) is 0 Å². The normalized spacial score (nSPS) is 23.3. The molecule has 19 heavy (non-hydrogen) atoms. The zero-order valence-corrected chi connectivity index (χ0v) is 11.9. The van der Waals surface area contributed by atoms with Crippen LogP contribution in [-0.4, -0.2) is 28.0 Å². The van der Waals surface area contributed by atoms with Crippen LogP contribution in [-0.2, 0) is 11.3 Å². The van der Waals surface area contributed by atoms with E-state index in [1.54, 1.807) is 0 Å². The van der Waals surface area contributed by atoms with Crippen molar-refractivity contribution in [2.75, 3.05) is 6.54 Å². The van der Waals surface area contributed by atoms with Gasteiger partial charge in [0.2, 0.25) is 5.91 Å². The van der Waals surface area contributed by atoms with Gasteiger partial charge in [0.1, 0.15) is 0 Å². The standard InChI is InChI=1S/C14H24N4O/c1-3-16-14(19)7-8-18-10-15-9-13(18)12-6-4-5-11(2)17-12/h9-12,17H,3-8H2,1-2H3,(H,16,19). The molecule has 0 saturated carbocycles. The summed E-state index contributed by atoms with van der Waals surface area (Å²) in [5.41, 5.74) is 1.20. The van der Waals surface area contributed by atoms with E-state index in [-0.39, 0.29) is 5.91 Å². The van der Waals surface area contributed by atoms with Crippen LogP contribution in [0.1, 0.15) is 51.3 Å². The fourth-order valence-electron chi connectivity index (χ4n) is 2.69. The molecular formula is C14H24N4O. The minimum absolute atomic E-state index is 0.104. The monoisotopic (exact) mass is 264 g/mol. The molecule has 1 saturated heterocycles. The minimum Gasteiger partial charge on any atom is -0.356 e. The summed E-state index contributed by atoms with van der Waals surface area (Å²) >= 11 is 0. The first-order valence-corrected chi connectivity index (χ1v) is 7.23. The highest BCUT2D eigenvalue weighted by Gasteiger charge is 2.22. The molecule has 2 N–H and O–H groups in total. The number of nitrogens with zero attached hydrogens (tertiary/aromatic N) is 2. The van der Waals surface area contributed by atoms with Crippen LogP contribution in [0.15, 0.2) is 12.5 Å². The molecule has 0 aliphatic carbocycles. The fraction of sp³-hybridized carbons (Fsp3) is 0.714. The van der Waals surface area contributed by atoms with Crippen LogP contribution in [0.3, 0.4) is 0 Å². The molecule has 1 aliphatic rings. The average Bonchev–Trinajstić information content (AvgIpc) is 2.85. The van der Waals surface area contributed by atoms with E-state index in [1.807, 2.05) is 19.4 Å². The second-order valence-electron chi connectivity index (χ2n) is 5.27. The Morgan fingerprint density at radius 1 is 1.58 bits per heavy atom. The van der Waals surface area contributed by atoms with E-state index in [1.165, 1.54) is 18.5 Å². The molecule has 1 aromatic heterocycles. The van der Waals surface area contributed by atoms with E-state index in [2.05, 4.69) is 27.1 Å². The number of hydrogen-bond donors (Lipinski definition) is 2. The van der Waals surface area contributed by atoms with E-state index in [9.17, 15) is 4.79 Å². The zero-order valence-electron chi connectivity index (χ0n) is 11.9. The SMILES string of the molecule is CCNC(=O)CCn1cncc1C1CCCC(C)N1. The molecule has 0 radical (unpaired) electrons. The summed E-state index contributed by atoms with van der Waals surface area (Å²) in [5, 5.41) is 6.44. The van der Waals surface area contributed by atoms with E-state index in [4.69, 9.17) is 0 Å². The second-order valence-corrected chi connectivity index (χ2v) is 5.27. The first-order valence-electron chi connectivity index (χ1n) is 7.23. The van der Waals surface area contributed by atoms with Crippen molar-refractivity contribution in [3.63, 3.8) is 0 Å². The molecule has 5 heteroatoms. The van der Waals surface area contributed by atoms with Crippen molar-refractivity contribution < 1.29 is 4.79 Å². The van der Waals surface area contributed by atoms with Gasteiger partial charge in [-0.25, -0.2) is 4.98 Å². The molecule has 1 aromatic rings. The van der Waals surface area contributed by atoms with Crippen molar-refractivity contribution in [2.24, 2.45) is 0 Å². The van der Waals surface area contributed by atoms with Crippen molar-refractivity contribution in [1.82, 2.24) is 20.2 Å². The van der Waals surface area contributed by atoms with Crippen LogP contribution in [0.25, 0.3) is 0 Å². The number of nitrogens with one attached hydrogen (secondary N) is 2. The summed E-state index contributed by atoms with van der Waals surface area (Å²) in [4.78, 5) is 15.8. The molecule has 5 nitrogen and oxygen atoms in total. The number of amides is 1. The van der Waals surface area contributed by atoms with Gasteiger partial charge in [-0.3, -0.25) is 4.79 Å². The number of imidazole rings is 1. The van der Waals surface area contributed by atoms with E-state index < -0.39 is 0 Å². The molecule has 0 aromatic carbocycles. The third-order valence-electron chi connectivity index (χ3n) is 3.67. The molecule has 106 valence electrons. The topological polar surface area (TPSA) is 59.0 Å². The Balaban J connectivity index is 1.95. The Labute approximate surface area is 114 Å². The van der Waals surface area contributed by atoms with Crippen molar-refractivity contribution in [1.29, 1.82) is 0 Å². The van der Waals surface area contributed by atoms with Gasteiger partial charge in [0, 0.05) is 37.8 Å². The summed E-state index contributed by atoms with van der Waals surface area (Å²) in [6, 6.07) is 0.936. The zero-order chi connectivity index (χ0) is 13.7. The third-order valence-corrected chi connectivity index (χ3v) is 3.67. The predicted octanol–water partition coefficient (Wildman–Crippen LogP) is 1.61. The maximum Gasteiger partial charge on any atom is 0.221 e. The average molecular weight is 264 g/mol. The third kappa shape index (κ3) is 3.80. The highest BCUT2D eigenvalue weighted by atomic mass is 16.1. The van der Waals surface area contributed by atoms with Gasteiger partial charge in [-0.15, -0.1) is 0 Å². The van der Waals surface area contributed by atoms with E-state index >= 15 is 0 Å². The highest BCUT2D eigenvalue weighted by molar-refractivity contribution is 5.75. The summed E-state index contributed by atoms with van der Waals surface area (Å²) in [5.74, 6) is 0.104. The molecule has 2 rings (SSSR count). The number of rotatable bonds is 5. The summed E-state index contributed by atoms with van der Waals surface area (Å²) in [6.07, 6.45) is 7.91. The van der Waals surface area contributed by atoms with Crippen LogP contribution in [0, 0.1) is 0 Å². The number of hydrogen-bond acceptors (Lipinski definition) is 3. The maximum absolute atomic E-state index is 11.5. The van der Waals surface area contributed by atoms with E-state index in [0.717, 1.165) is 6.42 Å². The number of carbonyl (C=O) groups excluding carboxylic acids is 1. The molecule has 1 aliphatic heterocycles. The Kier molecular flexibility index (Phi) is 4.96. The van der Waals surface area contributed by atoms with Gasteiger partial charge in [-0.05, 0) is 33.1 Å². The molecule has 0 spiro atoms. The Morgan fingerprint density at radius 3 is 3.16 bits per heavy atom. The van der Waals surface area contributed by atoms with Crippen LogP contribution in [0.2, 0.25) is 0 Å². The van der Waals surface area contributed by atoms with Gasteiger partial charge < -0.3 is 15.2 Å². The number of piperidine rings is 1. The van der Waals surface area contributed by atoms with Gasteiger partial charge >= 0.3 is 0 Å². The highest BCUT2D eigenvalue weighted by Crippen LogP contribution is 2.25. The first-order chi connectivity index (χ1) is 9.20. The van der Waals surface area contributed by atoms with Crippen molar-refractivity contribution >= 4 is 5.91 Å². The molecule has 1 fully saturated rings. The number of aryl methyl sites for hydroxylation is 1. The Hall–Kier alpha value is -1.36. The molecule has 2 unspecified atom stereocenters. The molecule has 0 bridgehead atoms. The lowest BCUT2D eigenvalue weighted by Crippen LogP contribution is -2.35. The van der Waals surface area contributed by atoms with Crippen LogP contribution < -0.4 is 10.6 Å². The van der Waals surface area contributed by atoms with Crippen molar-refractivity contribution in [3.05, 3.63) is 18.2 Å². The predicted molar refractivity (Wildman–Crippen MR) is 74.7 cm³/mol. The Bertz CT molecular complexity index is 415. The fourth-order valence-corrected chi connectivity index (χ4v) is 2.69. The lowest BCUT2D eigenvalue weighted by molar-refractivity contribution is -0.121. The minimum atomic E-state index is 0.104. The van der Waals surface area contributed by atoms with Crippen LogP contribution >= 0.6 is 0 Å². The lowest BCUT2D eigenvalue weighted by Gasteiger charge is -2.29. The molecule has 2 atom stereocenters. The van der Waals surface area contributed by atoms with Crippen LogP contribution in [0.4, 0.5) is 0 Å². The second kappa shape index (κ2) is 6.70. The van der Waals surface area contributed by atoms with Gasteiger partial charge in [0.25, 0.3) is 0 Å². The largest absolute Gasteiger partial charge is 0.356 e. The van der Waals surface area contributed by atoms with Gasteiger partial charge in [-0.1, -0.05) is 0 Å². The first kappa shape index (κ1) is 14.1. The summed E-state index contributed by atoms with van der Waals surface area (Å²) in [6.45, 7) is 5.56. The number of carbonyl (C=O) groups is 1. The molecule has 1 amide bonds. The summed E-state index contributed by atoms with van der Waals surface area (Å²) < 4.78 is 2.10. The molecule has 2 heterocycles. The van der Waals surface area contributed by atoms with Crippen LogP contribution in [0.5, 0.6) is 0 Å². The smallest absolute Gasteiger partial charge is 0.221 e. The van der Waals surface area contributed by atoms with Gasteiger partial charge in [0.05, 0.1) is 12.0 Å². The lowest BCUT2D eigenvalue weighted by atomic mass is 9.97. The van der Waals surface area contributed by atoms with Gasteiger partial charge in [-0.2, -0.15) is 0 Å². The quantitative estimate of drug-likeness (QED) is 0.849. The Morgan fingerprint density at radius 2 is 2.42 bits per heavy atom. The van der Waals surface area contributed by atoms with Crippen molar-refractivity contribution in [2.45, 2.75) is 58.2 Å². The number of aromatic nitrogens is 2. The maximum atomic E-state index is 11.5. The van der Waals surface area contributed by atoms with Gasteiger partial charge in [0.15, 0.2) is 0 Å². The molecular weight excluding hydrogens is 240 g/mol. The summed E-state index contributed by atoms with van der Waals surface area (Å²) in [7, 11) is 0.